The van der Waals surface area contributed by atoms with Crippen molar-refractivity contribution < 1.29 is 9.53 Å². The number of ether oxygens (including phenoxy) is 1. The first-order valence-electron chi connectivity index (χ1n) is 8.05. The zero-order valence-electron chi connectivity index (χ0n) is 14.6. The van der Waals surface area contributed by atoms with Crippen molar-refractivity contribution in [3.8, 4) is 0 Å². The molecule has 0 aliphatic rings. The van der Waals surface area contributed by atoms with Gasteiger partial charge in [-0.1, -0.05) is 28.1 Å². The van der Waals surface area contributed by atoms with Crippen LogP contribution in [0.2, 0.25) is 0 Å². The van der Waals surface area contributed by atoms with Gasteiger partial charge in [0.1, 0.15) is 16.2 Å². The molecule has 3 rings (SSSR count). The van der Waals surface area contributed by atoms with Crippen LogP contribution in [0.15, 0.2) is 33.5 Å². The number of fused-ring (bicyclic) bond motifs is 1. The van der Waals surface area contributed by atoms with Gasteiger partial charge in [-0.3, -0.25) is 4.79 Å². The minimum atomic E-state index is -0.528. The van der Waals surface area contributed by atoms with Gasteiger partial charge in [0.15, 0.2) is 0 Å². The number of halogens is 1. The van der Waals surface area contributed by atoms with Crippen molar-refractivity contribution in [3.63, 3.8) is 0 Å². The summed E-state index contributed by atoms with van der Waals surface area (Å²) in [6.45, 7) is 5.82. The molecule has 2 heterocycles. The maximum absolute atomic E-state index is 12.5. The summed E-state index contributed by atoms with van der Waals surface area (Å²) in [6, 6.07) is 7.49. The Bertz CT molecular complexity index is 1080. The number of nitrogens with one attached hydrogen (secondary N) is 1. The first-order chi connectivity index (χ1) is 12.4. The van der Waals surface area contributed by atoms with Crippen molar-refractivity contribution >= 4 is 55.1 Å². The smallest absolute Gasteiger partial charge is 0.341 e. The molecule has 0 fully saturated rings. The average molecular weight is 433 g/mol. The number of rotatable bonds is 4. The number of carbonyl (C=O) groups is 1. The number of aromatic nitrogens is 2. The third-order valence-electron chi connectivity index (χ3n) is 3.95. The molecule has 0 saturated heterocycles. The van der Waals surface area contributed by atoms with Crippen LogP contribution in [-0.2, 0) is 9.53 Å². The molecule has 0 bridgehead atoms. The zero-order valence-corrected chi connectivity index (χ0v) is 17.0. The molecule has 0 saturated carbocycles. The summed E-state index contributed by atoms with van der Waals surface area (Å²) in [7, 11) is 0. The van der Waals surface area contributed by atoms with Crippen LogP contribution in [0, 0.1) is 13.8 Å². The van der Waals surface area contributed by atoms with Gasteiger partial charge in [-0.2, -0.15) is 0 Å². The van der Waals surface area contributed by atoms with E-state index in [0.717, 1.165) is 20.5 Å². The fourth-order valence-electron chi connectivity index (χ4n) is 2.58. The number of thiophene rings is 1. The normalized spacial score (nSPS) is 11.8. The van der Waals surface area contributed by atoms with Gasteiger partial charge in [-0.15, -0.1) is 11.3 Å². The second kappa shape index (κ2) is 7.55. The van der Waals surface area contributed by atoms with Crippen LogP contribution in [0.25, 0.3) is 21.9 Å². The van der Waals surface area contributed by atoms with Gasteiger partial charge < -0.3 is 9.72 Å². The molecule has 0 aliphatic carbocycles. The fourth-order valence-corrected chi connectivity index (χ4v) is 4.03. The highest BCUT2D eigenvalue weighted by molar-refractivity contribution is 9.10. The molecule has 0 radical (unpaired) electrons. The number of hydrogen-bond donors (Lipinski definition) is 1. The summed E-state index contributed by atoms with van der Waals surface area (Å²) >= 11 is 4.85. The standard InChI is InChI=1S/C19H17BrN2O3S/c1-4-25-19(24)14(9-12-6-5-7-13(20)8-12)16-21-17(23)15-10(2)11(3)26-18(15)22-16/h5-9H,4H2,1-3H3,(H,21,22,23). The molecule has 1 aromatic carbocycles. The average Bonchev–Trinajstić information content (AvgIpc) is 2.87. The van der Waals surface area contributed by atoms with Crippen molar-refractivity contribution in [1.82, 2.24) is 9.97 Å². The number of H-pyrrole nitrogens is 1. The molecular formula is C19H17BrN2O3S. The summed E-state index contributed by atoms with van der Waals surface area (Å²) < 4.78 is 6.05. The third kappa shape index (κ3) is 3.64. The van der Waals surface area contributed by atoms with Crippen molar-refractivity contribution in [1.29, 1.82) is 0 Å². The topological polar surface area (TPSA) is 72.0 Å². The Morgan fingerprint density at radius 3 is 2.85 bits per heavy atom. The molecule has 3 aromatic rings. The second-order valence-electron chi connectivity index (χ2n) is 5.71. The van der Waals surface area contributed by atoms with E-state index in [0.29, 0.717) is 10.2 Å². The van der Waals surface area contributed by atoms with Crippen LogP contribution in [0.4, 0.5) is 0 Å². The first kappa shape index (κ1) is 18.5. The van der Waals surface area contributed by atoms with Crippen LogP contribution in [0.1, 0.15) is 28.8 Å². The monoisotopic (exact) mass is 432 g/mol. The number of hydrogen-bond acceptors (Lipinski definition) is 5. The summed E-state index contributed by atoms with van der Waals surface area (Å²) in [5.41, 5.74) is 1.67. The number of esters is 1. The lowest BCUT2D eigenvalue weighted by Crippen LogP contribution is -2.15. The summed E-state index contributed by atoms with van der Waals surface area (Å²) in [6.07, 6.45) is 1.67. The largest absolute Gasteiger partial charge is 0.462 e. The Hall–Kier alpha value is -2.25. The Kier molecular flexibility index (Phi) is 5.38. The molecule has 0 unspecified atom stereocenters. The Labute approximate surface area is 162 Å². The highest BCUT2D eigenvalue weighted by atomic mass is 79.9. The highest BCUT2D eigenvalue weighted by Crippen LogP contribution is 2.27. The highest BCUT2D eigenvalue weighted by Gasteiger charge is 2.19. The number of nitrogens with zero attached hydrogens (tertiary/aromatic N) is 1. The molecule has 0 spiro atoms. The van der Waals surface area contributed by atoms with E-state index >= 15 is 0 Å². The van der Waals surface area contributed by atoms with Crippen molar-refractivity contribution in [2.45, 2.75) is 20.8 Å². The van der Waals surface area contributed by atoms with E-state index < -0.39 is 5.97 Å². The predicted molar refractivity (Wildman–Crippen MR) is 108 cm³/mol. The predicted octanol–water partition coefficient (Wildman–Crippen LogP) is 4.47. The van der Waals surface area contributed by atoms with E-state index in [1.807, 2.05) is 38.1 Å². The molecule has 0 atom stereocenters. The van der Waals surface area contributed by atoms with E-state index in [4.69, 9.17) is 4.74 Å². The van der Waals surface area contributed by atoms with Gasteiger partial charge >= 0.3 is 5.97 Å². The van der Waals surface area contributed by atoms with E-state index in [1.54, 1.807) is 13.0 Å². The van der Waals surface area contributed by atoms with E-state index in [9.17, 15) is 9.59 Å². The lowest BCUT2D eigenvalue weighted by atomic mass is 10.1. The molecule has 0 aliphatic heterocycles. The molecule has 7 heteroatoms. The van der Waals surface area contributed by atoms with Crippen molar-refractivity contribution in [2.75, 3.05) is 6.61 Å². The Morgan fingerprint density at radius 2 is 2.15 bits per heavy atom. The van der Waals surface area contributed by atoms with Gasteiger partial charge in [-0.05, 0) is 50.1 Å². The molecule has 5 nitrogen and oxygen atoms in total. The van der Waals surface area contributed by atoms with E-state index in [2.05, 4.69) is 25.9 Å². The molecular weight excluding hydrogens is 416 g/mol. The molecule has 2 aromatic heterocycles. The molecule has 26 heavy (non-hydrogen) atoms. The molecule has 134 valence electrons. The van der Waals surface area contributed by atoms with Crippen LogP contribution < -0.4 is 5.56 Å². The van der Waals surface area contributed by atoms with Crippen molar-refractivity contribution in [2.24, 2.45) is 0 Å². The van der Waals surface area contributed by atoms with Gasteiger partial charge in [0.25, 0.3) is 5.56 Å². The second-order valence-corrected chi connectivity index (χ2v) is 7.83. The minimum absolute atomic E-state index is 0.210. The number of aryl methyl sites for hydroxylation is 2. The minimum Gasteiger partial charge on any atom is -0.462 e. The van der Waals surface area contributed by atoms with Crippen LogP contribution in [-0.4, -0.2) is 22.5 Å². The maximum Gasteiger partial charge on any atom is 0.341 e. The summed E-state index contributed by atoms with van der Waals surface area (Å²) in [5, 5.41) is 0.571. The Balaban J connectivity index is 2.20. The summed E-state index contributed by atoms with van der Waals surface area (Å²) in [5.74, 6) is -0.317. The summed E-state index contributed by atoms with van der Waals surface area (Å²) in [4.78, 5) is 33.9. The van der Waals surface area contributed by atoms with Crippen LogP contribution >= 0.6 is 27.3 Å². The maximum atomic E-state index is 12.5. The van der Waals surface area contributed by atoms with Crippen LogP contribution in [0.5, 0.6) is 0 Å². The van der Waals surface area contributed by atoms with Gasteiger partial charge in [0, 0.05) is 9.35 Å². The number of aromatic amines is 1. The van der Waals surface area contributed by atoms with Gasteiger partial charge in [0.05, 0.1) is 12.0 Å². The third-order valence-corrected chi connectivity index (χ3v) is 5.54. The van der Waals surface area contributed by atoms with Gasteiger partial charge in [-0.25, -0.2) is 9.78 Å². The molecule has 1 N–H and O–H groups in total. The van der Waals surface area contributed by atoms with Crippen molar-refractivity contribution in [3.05, 3.63) is 60.9 Å². The lowest BCUT2D eigenvalue weighted by molar-refractivity contribution is -0.136. The zero-order chi connectivity index (χ0) is 18.8. The Morgan fingerprint density at radius 1 is 1.38 bits per heavy atom. The van der Waals surface area contributed by atoms with E-state index in [-0.39, 0.29) is 23.6 Å². The van der Waals surface area contributed by atoms with Crippen LogP contribution in [0.3, 0.4) is 0 Å². The lowest BCUT2D eigenvalue weighted by Gasteiger charge is -2.07. The fraction of sp³-hybridized carbons (Fsp3) is 0.211. The molecule has 0 amide bonds. The SMILES string of the molecule is CCOC(=O)C(=Cc1cccc(Br)c1)c1nc2sc(C)c(C)c2c(=O)[nH]1. The first-order valence-corrected chi connectivity index (χ1v) is 9.66. The number of carbonyl (C=O) groups excluding carboxylic acids is 1. The van der Waals surface area contributed by atoms with E-state index in [1.165, 1.54) is 11.3 Å². The number of benzene rings is 1. The quantitative estimate of drug-likeness (QED) is 0.487. The van der Waals surface area contributed by atoms with Gasteiger partial charge in [0.2, 0.25) is 0 Å².